The lowest BCUT2D eigenvalue weighted by Crippen LogP contribution is -2.54. The molecule has 1 aliphatic rings. The van der Waals surface area contributed by atoms with Gasteiger partial charge in [-0.1, -0.05) is 32.3 Å². The Bertz CT molecular complexity index is 458. The van der Waals surface area contributed by atoms with Gasteiger partial charge in [0.15, 0.2) is 0 Å². The molecule has 4 heteroatoms. The predicted octanol–water partition coefficient (Wildman–Crippen LogP) is 3.32. The Hall–Kier alpha value is -1.13. The molecular formula is C17H27FN2O. The third-order valence-electron chi connectivity index (χ3n) is 4.84. The van der Waals surface area contributed by atoms with Crippen LogP contribution in [0.1, 0.15) is 44.6 Å². The third-order valence-corrected chi connectivity index (χ3v) is 4.84. The first-order valence-electron chi connectivity index (χ1n) is 7.93. The van der Waals surface area contributed by atoms with Crippen LogP contribution in [0.2, 0.25) is 0 Å². The van der Waals surface area contributed by atoms with Crippen molar-refractivity contribution in [1.29, 1.82) is 0 Å². The van der Waals surface area contributed by atoms with E-state index in [4.69, 9.17) is 10.5 Å². The van der Waals surface area contributed by atoms with Crippen molar-refractivity contribution in [3.8, 4) is 5.75 Å². The summed E-state index contributed by atoms with van der Waals surface area (Å²) >= 11 is 0. The quantitative estimate of drug-likeness (QED) is 0.874. The van der Waals surface area contributed by atoms with Crippen molar-refractivity contribution in [2.75, 3.05) is 20.2 Å². The van der Waals surface area contributed by atoms with Gasteiger partial charge in [-0.05, 0) is 25.5 Å². The maximum absolute atomic E-state index is 14.2. The van der Waals surface area contributed by atoms with Crippen LogP contribution in [-0.2, 0) is 6.54 Å². The number of halogens is 1. The summed E-state index contributed by atoms with van der Waals surface area (Å²) in [5.74, 6) is 0.362. The Labute approximate surface area is 127 Å². The average Bonchev–Trinajstić information content (AvgIpc) is 2.54. The van der Waals surface area contributed by atoms with Gasteiger partial charge in [0.05, 0.1) is 7.11 Å². The van der Waals surface area contributed by atoms with E-state index in [-0.39, 0.29) is 11.4 Å². The molecule has 0 heterocycles. The third kappa shape index (κ3) is 3.55. The summed E-state index contributed by atoms with van der Waals surface area (Å²) in [5.41, 5.74) is 6.86. The molecule has 1 aromatic carbocycles. The van der Waals surface area contributed by atoms with E-state index in [1.807, 2.05) is 12.1 Å². The SMILES string of the molecule is CCN(Cc1ccc(OC)cc1F)C1(CN)CCCCC1. The van der Waals surface area contributed by atoms with E-state index in [0.29, 0.717) is 18.8 Å². The van der Waals surface area contributed by atoms with Crippen LogP contribution in [0.5, 0.6) is 5.75 Å². The van der Waals surface area contributed by atoms with Gasteiger partial charge in [0.1, 0.15) is 11.6 Å². The summed E-state index contributed by atoms with van der Waals surface area (Å²) in [6.07, 6.45) is 5.97. The highest BCUT2D eigenvalue weighted by Crippen LogP contribution is 2.34. The largest absolute Gasteiger partial charge is 0.497 e. The van der Waals surface area contributed by atoms with Crippen LogP contribution in [0.3, 0.4) is 0 Å². The maximum Gasteiger partial charge on any atom is 0.131 e. The Morgan fingerprint density at radius 3 is 2.52 bits per heavy atom. The minimum absolute atomic E-state index is 0.0410. The molecule has 0 aliphatic heterocycles. The van der Waals surface area contributed by atoms with Crippen LogP contribution in [-0.4, -0.2) is 30.6 Å². The minimum Gasteiger partial charge on any atom is -0.497 e. The lowest BCUT2D eigenvalue weighted by atomic mass is 9.80. The van der Waals surface area contributed by atoms with Crippen molar-refractivity contribution in [2.24, 2.45) is 5.73 Å². The molecule has 2 N–H and O–H groups in total. The highest BCUT2D eigenvalue weighted by Gasteiger charge is 2.36. The Morgan fingerprint density at radius 2 is 2.00 bits per heavy atom. The van der Waals surface area contributed by atoms with Gasteiger partial charge in [0, 0.05) is 30.3 Å². The molecule has 0 atom stereocenters. The van der Waals surface area contributed by atoms with Crippen molar-refractivity contribution in [1.82, 2.24) is 4.90 Å². The van der Waals surface area contributed by atoms with Gasteiger partial charge < -0.3 is 10.5 Å². The molecule has 1 saturated carbocycles. The number of benzene rings is 1. The molecule has 2 rings (SSSR count). The van der Waals surface area contributed by atoms with Crippen LogP contribution in [0, 0.1) is 5.82 Å². The zero-order valence-corrected chi connectivity index (χ0v) is 13.2. The van der Waals surface area contributed by atoms with E-state index in [0.717, 1.165) is 24.9 Å². The van der Waals surface area contributed by atoms with Crippen molar-refractivity contribution in [2.45, 2.75) is 51.1 Å². The van der Waals surface area contributed by atoms with Gasteiger partial charge in [0.2, 0.25) is 0 Å². The first-order valence-corrected chi connectivity index (χ1v) is 7.93. The molecule has 0 aromatic heterocycles. The smallest absolute Gasteiger partial charge is 0.131 e. The molecule has 1 fully saturated rings. The van der Waals surface area contributed by atoms with Gasteiger partial charge >= 0.3 is 0 Å². The van der Waals surface area contributed by atoms with E-state index in [9.17, 15) is 4.39 Å². The van der Waals surface area contributed by atoms with Gasteiger partial charge in [-0.3, -0.25) is 4.90 Å². The van der Waals surface area contributed by atoms with E-state index in [1.54, 1.807) is 7.11 Å². The second kappa shape index (κ2) is 7.23. The summed E-state index contributed by atoms with van der Waals surface area (Å²) in [5, 5.41) is 0. The molecule has 21 heavy (non-hydrogen) atoms. The number of ether oxygens (including phenoxy) is 1. The Balaban J connectivity index is 2.18. The maximum atomic E-state index is 14.2. The average molecular weight is 294 g/mol. The molecule has 0 bridgehead atoms. The molecule has 1 aliphatic carbocycles. The number of rotatable bonds is 6. The molecule has 0 amide bonds. The molecule has 0 unspecified atom stereocenters. The first-order chi connectivity index (χ1) is 10.1. The second-order valence-electron chi connectivity index (χ2n) is 5.96. The van der Waals surface area contributed by atoms with Gasteiger partial charge in [-0.25, -0.2) is 4.39 Å². The second-order valence-corrected chi connectivity index (χ2v) is 5.96. The van der Waals surface area contributed by atoms with Crippen LogP contribution in [0.4, 0.5) is 4.39 Å². The van der Waals surface area contributed by atoms with Crippen LogP contribution < -0.4 is 10.5 Å². The standard InChI is InChI=1S/C17H27FN2O/c1-3-20(17(13-19)9-5-4-6-10-17)12-14-7-8-15(21-2)11-16(14)18/h7-8,11H,3-6,9-10,12-13,19H2,1-2H3. The fraction of sp³-hybridized carbons (Fsp3) is 0.647. The summed E-state index contributed by atoms with van der Waals surface area (Å²) in [6, 6.07) is 5.10. The van der Waals surface area contributed by atoms with Crippen molar-refractivity contribution in [3.63, 3.8) is 0 Å². The number of likely N-dealkylation sites (N-methyl/N-ethyl adjacent to an activating group) is 1. The number of nitrogens with zero attached hydrogens (tertiary/aromatic N) is 1. The summed E-state index contributed by atoms with van der Waals surface area (Å²) in [4.78, 5) is 2.36. The molecule has 0 spiro atoms. The number of hydrogen-bond donors (Lipinski definition) is 1. The molecular weight excluding hydrogens is 267 g/mol. The molecule has 0 radical (unpaired) electrons. The highest BCUT2D eigenvalue weighted by molar-refractivity contribution is 5.29. The summed E-state index contributed by atoms with van der Waals surface area (Å²) in [7, 11) is 1.55. The monoisotopic (exact) mass is 294 g/mol. The lowest BCUT2D eigenvalue weighted by Gasteiger charge is -2.45. The van der Waals surface area contributed by atoms with E-state index < -0.39 is 0 Å². The fourth-order valence-corrected chi connectivity index (χ4v) is 3.46. The Kier molecular flexibility index (Phi) is 5.59. The molecule has 3 nitrogen and oxygen atoms in total. The topological polar surface area (TPSA) is 38.5 Å². The van der Waals surface area contributed by atoms with E-state index >= 15 is 0 Å². The molecule has 1 aromatic rings. The number of hydrogen-bond acceptors (Lipinski definition) is 3. The highest BCUT2D eigenvalue weighted by atomic mass is 19.1. The molecule has 0 saturated heterocycles. The normalized spacial score (nSPS) is 18.0. The zero-order valence-electron chi connectivity index (χ0n) is 13.2. The van der Waals surface area contributed by atoms with Gasteiger partial charge in [-0.2, -0.15) is 0 Å². The Morgan fingerprint density at radius 1 is 1.29 bits per heavy atom. The van der Waals surface area contributed by atoms with Crippen molar-refractivity contribution in [3.05, 3.63) is 29.6 Å². The summed E-state index contributed by atoms with van der Waals surface area (Å²) in [6.45, 7) is 4.29. The van der Waals surface area contributed by atoms with Gasteiger partial charge in [-0.15, -0.1) is 0 Å². The first kappa shape index (κ1) is 16.2. The lowest BCUT2D eigenvalue weighted by molar-refractivity contribution is 0.0537. The fourth-order valence-electron chi connectivity index (χ4n) is 3.46. The van der Waals surface area contributed by atoms with E-state index in [1.165, 1.54) is 25.3 Å². The minimum atomic E-state index is -0.198. The van der Waals surface area contributed by atoms with Crippen molar-refractivity contribution < 1.29 is 9.13 Å². The van der Waals surface area contributed by atoms with Crippen molar-refractivity contribution >= 4 is 0 Å². The summed E-state index contributed by atoms with van der Waals surface area (Å²) < 4.78 is 19.3. The number of methoxy groups -OCH3 is 1. The molecule has 118 valence electrons. The predicted molar refractivity (Wildman–Crippen MR) is 83.9 cm³/mol. The van der Waals surface area contributed by atoms with Crippen LogP contribution >= 0.6 is 0 Å². The number of nitrogens with two attached hydrogens (primary N) is 1. The van der Waals surface area contributed by atoms with Crippen LogP contribution in [0.25, 0.3) is 0 Å². The zero-order chi connectivity index (χ0) is 15.3. The van der Waals surface area contributed by atoms with Crippen LogP contribution in [0.15, 0.2) is 18.2 Å². The van der Waals surface area contributed by atoms with Gasteiger partial charge in [0.25, 0.3) is 0 Å². The van der Waals surface area contributed by atoms with E-state index in [2.05, 4.69) is 11.8 Å².